The van der Waals surface area contributed by atoms with E-state index < -0.39 is 32.7 Å². The highest BCUT2D eigenvalue weighted by Gasteiger charge is 2.31. The van der Waals surface area contributed by atoms with E-state index in [1.54, 1.807) is 13.8 Å². The van der Waals surface area contributed by atoms with E-state index in [0.29, 0.717) is 0 Å². The van der Waals surface area contributed by atoms with E-state index in [-0.39, 0.29) is 16.1 Å². The molecule has 0 aromatic heterocycles. The topological polar surface area (TPSA) is 98.5 Å². The number of nitrogens with two attached hydrogens (primary N) is 1. The van der Waals surface area contributed by atoms with Crippen LogP contribution < -0.4 is 10.5 Å². The molecule has 0 aliphatic rings. The van der Waals surface area contributed by atoms with Gasteiger partial charge in [0.15, 0.2) is 0 Å². The molecule has 1 atom stereocenters. The molecule has 1 unspecified atom stereocenters. The van der Waals surface area contributed by atoms with Gasteiger partial charge in [0.1, 0.15) is 16.8 Å². The minimum atomic E-state index is -4.26. The second-order valence-electron chi connectivity index (χ2n) is 4.67. The number of anilines is 1. The standard InChI is InChI=1S/C12H16BrFN2O4S/c1-6(2)11(12(17)20-3)16-21(18,19)10-5-9(15)7(13)4-8(10)14/h4-6,11,16H,15H2,1-3H3. The Bertz CT molecular complexity index is 649. The van der Waals surface area contributed by atoms with Crippen molar-refractivity contribution in [1.82, 2.24) is 4.72 Å². The molecule has 0 saturated heterocycles. The zero-order chi connectivity index (χ0) is 16.4. The van der Waals surface area contributed by atoms with Gasteiger partial charge in [-0.25, -0.2) is 12.8 Å². The molecule has 1 rings (SSSR count). The van der Waals surface area contributed by atoms with Gasteiger partial charge in [0.2, 0.25) is 10.0 Å². The van der Waals surface area contributed by atoms with Gasteiger partial charge < -0.3 is 10.5 Å². The number of benzene rings is 1. The Kier molecular flexibility index (Phi) is 5.71. The highest BCUT2D eigenvalue weighted by atomic mass is 79.9. The average molecular weight is 383 g/mol. The largest absolute Gasteiger partial charge is 0.468 e. The summed E-state index contributed by atoms with van der Waals surface area (Å²) in [5.41, 5.74) is 5.63. The summed E-state index contributed by atoms with van der Waals surface area (Å²) in [5, 5.41) is 0. The van der Waals surface area contributed by atoms with E-state index in [4.69, 9.17) is 5.73 Å². The van der Waals surface area contributed by atoms with E-state index >= 15 is 0 Å². The summed E-state index contributed by atoms with van der Waals surface area (Å²) in [6, 6.07) is 0.812. The molecule has 0 aliphatic heterocycles. The monoisotopic (exact) mass is 382 g/mol. The molecule has 0 aliphatic carbocycles. The Morgan fingerprint density at radius 3 is 2.48 bits per heavy atom. The number of sulfonamides is 1. The molecule has 0 heterocycles. The second kappa shape index (κ2) is 6.71. The van der Waals surface area contributed by atoms with Crippen LogP contribution >= 0.6 is 15.9 Å². The number of carbonyl (C=O) groups is 1. The number of hydrogen-bond acceptors (Lipinski definition) is 5. The average Bonchev–Trinajstić information content (AvgIpc) is 2.38. The summed E-state index contributed by atoms with van der Waals surface area (Å²) in [4.78, 5) is 11.0. The lowest BCUT2D eigenvalue weighted by Crippen LogP contribution is -2.45. The fourth-order valence-corrected chi connectivity index (χ4v) is 3.31. The zero-order valence-corrected chi connectivity index (χ0v) is 14.1. The third kappa shape index (κ3) is 4.14. The van der Waals surface area contributed by atoms with E-state index in [9.17, 15) is 17.6 Å². The molecule has 1 aromatic rings. The van der Waals surface area contributed by atoms with Crippen LogP contribution in [0.2, 0.25) is 0 Å². The number of halogens is 2. The van der Waals surface area contributed by atoms with Gasteiger partial charge in [0.05, 0.1) is 7.11 Å². The first-order valence-electron chi connectivity index (χ1n) is 5.94. The third-order valence-corrected chi connectivity index (χ3v) is 4.89. The van der Waals surface area contributed by atoms with Gasteiger partial charge in [0, 0.05) is 10.2 Å². The molecule has 0 radical (unpaired) electrons. The SMILES string of the molecule is COC(=O)C(NS(=O)(=O)c1cc(N)c(Br)cc1F)C(C)C. The Balaban J connectivity index is 3.23. The smallest absolute Gasteiger partial charge is 0.324 e. The number of ether oxygens (including phenoxy) is 1. The van der Waals surface area contributed by atoms with Crippen molar-refractivity contribution >= 4 is 37.6 Å². The minimum Gasteiger partial charge on any atom is -0.468 e. The number of nitrogen functional groups attached to an aromatic ring is 1. The van der Waals surface area contributed by atoms with Gasteiger partial charge in [-0.15, -0.1) is 0 Å². The first-order valence-corrected chi connectivity index (χ1v) is 8.22. The molecule has 0 saturated carbocycles. The Hall–Kier alpha value is -1.19. The van der Waals surface area contributed by atoms with Crippen molar-refractivity contribution < 1.29 is 22.3 Å². The van der Waals surface area contributed by atoms with E-state index in [1.807, 2.05) is 0 Å². The quantitative estimate of drug-likeness (QED) is 0.595. The molecule has 0 spiro atoms. The lowest BCUT2D eigenvalue weighted by Gasteiger charge is -2.20. The van der Waals surface area contributed by atoms with E-state index in [2.05, 4.69) is 25.4 Å². The van der Waals surface area contributed by atoms with Crippen LogP contribution in [0.25, 0.3) is 0 Å². The molecule has 0 bridgehead atoms. The van der Waals surface area contributed by atoms with Gasteiger partial charge in [-0.05, 0) is 34.0 Å². The van der Waals surface area contributed by atoms with Crippen LogP contribution in [0, 0.1) is 11.7 Å². The lowest BCUT2D eigenvalue weighted by molar-refractivity contribution is -0.143. The first-order chi connectivity index (χ1) is 9.60. The van der Waals surface area contributed by atoms with E-state index in [0.717, 1.165) is 19.2 Å². The number of esters is 1. The van der Waals surface area contributed by atoms with Gasteiger partial charge in [0.25, 0.3) is 0 Å². The van der Waals surface area contributed by atoms with Gasteiger partial charge in [-0.3, -0.25) is 4.79 Å². The molecule has 6 nitrogen and oxygen atoms in total. The van der Waals surface area contributed by atoms with Crippen LogP contribution in [0.4, 0.5) is 10.1 Å². The zero-order valence-electron chi connectivity index (χ0n) is 11.7. The summed E-state index contributed by atoms with van der Waals surface area (Å²) >= 11 is 3.00. The van der Waals surface area contributed by atoms with Crippen molar-refractivity contribution in [2.24, 2.45) is 5.92 Å². The number of carbonyl (C=O) groups excluding carboxylic acids is 1. The van der Waals surface area contributed by atoms with Crippen molar-refractivity contribution in [3.63, 3.8) is 0 Å². The normalized spacial score (nSPS) is 13.2. The summed E-state index contributed by atoms with van der Waals surface area (Å²) in [6.45, 7) is 3.27. The molecule has 1 aromatic carbocycles. The summed E-state index contributed by atoms with van der Waals surface area (Å²) in [7, 11) is -3.11. The first kappa shape index (κ1) is 17.9. The molecule has 9 heteroatoms. The lowest BCUT2D eigenvalue weighted by atomic mass is 10.1. The molecular formula is C12H16BrFN2O4S. The molecule has 0 amide bonds. The molecule has 21 heavy (non-hydrogen) atoms. The molecule has 118 valence electrons. The molecule has 0 fully saturated rings. The highest BCUT2D eigenvalue weighted by Crippen LogP contribution is 2.26. The van der Waals surface area contributed by atoms with Gasteiger partial charge in [-0.1, -0.05) is 13.8 Å². The van der Waals surface area contributed by atoms with Crippen molar-refractivity contribution in [2.45, 2.75) is 24.8 Å². The van der Waals surface area contributed by atoms with Crippen LogP contribution in [0.15, 0.2) is 21.5 Å². The fraction of sp³-hybridized carbons (Fsp3) is 0.417. The van der Waals surface area contributed by atoms with Crippen LogP contribution in [0.3, 0.4) is 0 Å². The Morgan fingerprint density at radius 2 is 2.00 bits per heavy atom. The maximum Gasteiger partial charge on any atom is 0.324 e. The predicted octanol–water partition coefficient (Wildman–Crippen LogP) is 1.65. The number of hydrogen-bond donors (Lipinski definition) is 2. The predicted molar refractivity (Wildman–Crippen MR) is 79.5 cm³/mol. The van der Waals surface area contributed by atoms with Crippen molar-refractivity contribution in [3.8, 4) is 0 Å². The van der Waals surface area contributed by atoms with Crippen molar-refractivity contribution in [2.75, 3.05) is 12.8 Å². The van der Waals surface area contributed by atoms with Crippen LogP contribution in [0.5, 0.6) is 0 Å². The summed E-state index contributed by atoms with van der Waals surface area (Å²) < 4.78 is 45.2. The maximum atomic E-state index is 13.8. The van der Waals surface area contributed by atoms with E-state index in [1.165, 1.54) is 0 Å². The van der Waals surface area contributed by atoms with Gasteiger partial charge in [-0.2, -0.15) is 4.72 Å². The summed E-state index contributed by atoms with van der Waals surface area (Å²) in [6.07, 6.45) is 0. The Morgan fingerprint density at radius 1 is 1.43 bits per heavy atom. The molecule has 3 N–H and O–H groups in total. The molecular weight excluding hydrogens is 367 g/mol. The second-order valence-corrected chi connectivity index (χ2v) is 7.21. The minimum absolute atomic E-state index is 0.0657. The number of methoxy groups -OCH3 is 1. The van der Waals surface area contributed by atoms with Gasteiger partial charge >= 0.3 is 5.97 Å². The third-order valence-electron chi connectivity index (χ3n) is 2.74. The number of rotatable bonds is 5. The summed E-state index contributed by atoms with van der Waals surface area (Å²) in [5.74, 6) is -2.10. The van der Waals surface area contributed by atoms with Crippen molar-refractivity contribution in [1.29, 1.82) is 0 Å². The van der Waals surface area contributed by atoms with Crippen molar-refractivity contribution in [3.05, 3.63) is 22.4 Å². The van der Waals surface area contributed by atoms with Crippen LogP contribution in [0.1, 0.15) is 13.8 Å². The highest BCUT2D eigenvalue weighted by molar-refractivity contribution is 9.10. The fourth-order valence-electron chi connectivity index (χ4n) is 1.56. The number of nitrogens with one attached hydrogen (secondary N) is 1. The maximum absolute atomic E-state index is 13.8. The Labute approximate surface area is 131 Å². The van der Waals surface area contributed by atoms with Crippen LogP contribution in [-0.2, 0) is 19.6 Å². The van der Waals surface area contributed by atoms with Crippen LogP contribution in [-0.4, -0.2) is 27.5 Å².